The standard InChI is InChI=1S/C21H24BrNO4/c1-26-18-10-9-15(13-19(18)27-2)20(14-6-5-7-16(22)12-14)23-11-4-3-8-17(23)21(24)25/h5-7,9-10,12-13,17,20H,3-4,8,11H2,1-2H3,(H,24,25). The Kier molecular flexibility index (Phi) is 6.39. The molecule has 2 unspecified atom stereocenters. The van der Waals surface area contributed by atoms with Gasteiger partial charge in [0.2, 0.25) is 0 Å². The lowest BCUT2D eigenvalue weighted by atomic mass is 9.91. The molecule has 2 aromatic carbocycles. The van der Waals surface area contributed by atoms with Crippen molar-refractivity contribution in [1.29, 1.82) is 0 Å². The highest BCUT2D eigenvalue weighted by Crippen LogP contribution is 2.38. The molecule has 2 atom stereocenters. The Morgan fingerprint density at radius 2 is 1.85 bits per heavy atom. The molecular formula is C21H24BrNO4. The van der Waals surface area contributed by atoms with Crippen molar-refractivity contribution < 1.29 is 19.4 Å². The molecule has 0 aromatic heterocycles. The van der Waals surface area contributed by atoms with E-state index in [1.807, 2.05) is 36.4 Å². The number of aliphatic carboxylic acids is 1. The monoisotopic (exact) mass is 433 g/mol. The number of nitrogens with zero attached hydrogens (tertiary/aromatic N) is 1. The summed E-state index contributed by atoms with van der Waals surface area (Å²) in [6.07, 6.45) is 2.58. The SMILES string of the molecule is COc1ccc(C(c2cccc(Br)c2)N2CCCCC2C(=O)O)cc1OC. The van der Waals surface area contributed by atoms with Gasteiger partial charge >= 0.3 is 5.97 Å². The van der Waals surface area contributed by atoms with Gasteiger partial charge in [-0.1, -0.05) is 40.5 Å². The van der Waals surface area contributed by atoms with Gasteiger partial charge in [-0.15, -0.1) is 0 Å². The maximum atomic E-state index is 11.9. The van der Waals surface area contributed by atoms with Gasteiger partial charge in [0.25, 0.3) is 0 Å². The van der Waals surface area contributed by atoms with Crippen molar-refractivity contribution in [2.45, 2.75) is 31.3 Å². The molecule has 5 nitrogen and oxygen atoms in total. The third-order valence-electron chi connectivity index (χ3n) is 5.05. The van der Waals surface area contributed by atoms with Crippen LogP contribution in [0.3, 0.4) is 0 Å². The molecule has 6 heteroatoms. The number of halogens is 1. The largest absolute Gasteiger partial charge is 0.493 e. The number of rotatable bonds is 6. The zero-order chi connectivity index (χ0) is 19.4. The molecule has 1 heterocycles. The van der Waals surface area contributed by atoms with Crippen LogP contribution < -0.4 is 9.47 Å². The topological polar surface area (TPSA) is 59.0 Å². The summed E-state index contributed by atoms with van der Waals surface area (Å²) in [7, 11) is 3.21. The summed E-state index contributed by atoms with van der Waals surface area (Å²) < 4.78 is 11.8. The van der Waals surface area contributed by atoms with Crippen molar-refractivity contribution in [2.24, 2.45) is 0 Å². The molecule has 27 heavy (non-hydrogen) atoms. The summed E-state index contributed by atoms with van der Waals surface area (Å²) in [6.45, 7) is 0.739. The van der Waals surface area contributed by atoms with Gasteiger partial charge in [0.05, 0.1) is 20.3 Å². The molecule has 0 spiro atoms. The number of ether oxygens (including phenoxy) is 2. The first-order valence-electron chi connectivity index (χ1n) is 9.01. The van der Waals surface area contributed by atoms with Gasteiger partial charge in [0.15, 0.2) is 11.5 Å². The van der Waals surface area contributed by atoms with Crippen molar-refractivity contribution in [3.63, 3.8) is 0 Å². The number of likely N-dealkylation sites (tertiary alicyclic amines) is 1. The first kappa shape index (κ1) is 19.7. The van der Waals surface area contributed by atoms with Crippen LogP contribution >= 0.6 is 15.9 Å². The molecule has 1 N–H and O–H groups in total. The zero-order valence-electron chi connectivity index (χ0n) is 15.5. The van der Waals surface area contributed by atoms with E-state index in [1.54, 1.807) is 14.2 Å². The van der Waals surface area contributed by atoms with Crippen LogP contribution in [0.1, 0.15) is 36.4 Å². The summed E-state index contributed by atoms with van der Waals surface area (Å²) in [4.78, 5) is 14.0. The zero-order valence-corrected chi connectivity index (χ0v) is 17.1. The first-order valence-corrected chi connectivity index (χ1v) is 9.80. The van der Waals surface area contributed by atoms with Gasteiger partial charge in [-0.3, -0.25) is 9.69 Å². The minimum absolute atomic E-state index is 0.177. The molecular weight excluding hydrogens is 410 g/mol. The number of benzene rings is 2. The molecule has 0 amide bonds. The summed E-state index contributed by atoms with van der Waals surface area (Å²) in [5.41, 5.74) is 2.03. The highest BCUT2D eigenvalue weighted by atomic mass is 79.9. The number of hydrogen-bond donors (Lipinski definition) is 1. The van der Waals surface area contributed by atoms with Crippen LogP contribution in [0.4, 0.5) is 0 Å². The van der Waals surface area contributed by atoms with E-state index in [4.69, 9.17) is 9.47 Å². The van der Waals surface area contributed by atoms with E-state index >= 15 is 0 Å². The number of piperidine rings is 1. The average Bonchev–Trinajstić information content (AvgIpc) is 2.68. The molecule has 1 saturated heterocycles. The van der Waals surface area contributed by atoms with Crippen molar-refractivity contribution in [1.82, 2.24) is 4.90 Å². The van der Waals surface area contributed by atoms with Crippen LogP contribution in [-0.4, -0.2) is 42.8 Å². The maximum Gasteiger partial charge on any atom is 0.320 e. The number of carboxylic acids is 1. The molecule has 0 saturated carbocycles. The predicted molar refractivity (Wildman–Crippen MR) is 108 cm³/mol. The molecule has 1 aliphatic heterocycles. The Bertz CT molecular complexity index is 811. The number of carbonyl (C=O) groups is 1. The second-order valence-corrected chi connectivity index (χ2v) is 7.58. The van der Waals surface area contributed by atoms with E-state index in [-0.39, 0.29) is 6.04 Å². The lowest BCUT2D eigenvalue weighted by molar-refractivity contribution is -0.145. The van der Waals surface area contributed by atoms with Crippen LogP contribution in [-0.2, 0) is 4.79 Å². The Balaban J connectivity index is 2.11. The Morgan fingerprint density at radius 1 is 1.11 bits per heavy atom. The molecule has 2 aromatic rings. The highest BCUT2D eigenvalue weighted by Gasteiger charge is 2.35. The van der Waals surface area contributed by atoms with Crippen LogP contribution in [0.15, 0.2) is 46.9 Å². The molecule has 3 rings (SSSR count). The summed E-state index contributed by atoms with van der Waals surface area (Å²) in [5.74, 6) is 0.525. The second-order valence-electron chi connectivity index (χ2n) is 6.66. The summed E-state index contributed by atoms with van der Waals surface area (Å²) in [6, 6.07) is 13.2. The quantitative estimate of drug-likeness (QED) is 0.726. The predicted octanol–water partition coefficient (Wildman–Crippen LogP) is 4.49. The average molecular weight is 434 g/mol. The van der Waals surface area contributed by atoms with E-state index in [9.17, 15) is 9.90 Å². The van der Waals surface area contributed by atoms with Crippen molar-refractivity contribution in [3.05, 3.63) is 58.1 Å². The molecule has 0 aliphatic carbocycles. The third kappa shape index (κ3) is 4.28. The van der Waals surface area contributed by atoms with E-state index in [2.05, 4.69) is 26.9 Å². The van der Waals surface area contributed by atoms with Crippen LogP contribution in [0.2, 0.25) is 0 Å². The smallest absolute Gasteiger partial charge is 0.320 e. The highest BCUT2D eigenvalue weighted by molar-refractivity contribution is 9.10. The van der Waals surface area contributed by atoms with Crippen LogP contribution in [0, 0.1) is 0 Å². The lowest BCUT2D eigenvalue weighted by Crippen LogP contribution is -2.46. The number of methoxy groups -OCH3 is 2. The molecule has 1 fully saturated rings. The van der Waals surface area contributed by atoms with Gasteiger partial charge in [0.1, 0.15) is 6.04 Å². The van der Waals surface area contributed by atoms with E-state index in [0.29, 0.717) is 17.9 Å². The summed E-state index contributed by atoms with van der Waals surface area (Å²) >= 11 is 3.54. The molecule has 144 valence electrons. The first-order chi connectivity index (χ1) is 13.0. The molecule has 0 bridgehead atoms. The lowest BCUT2D eigenvalue weighted by Gasteiger charge is -2.39. The fourth-order valence-corrected chi connectivity index (χ4v) is 4.22. The summed E-state index contributed by atoms with van der Waals surface area (Å²) in [5, 5.41) is 9.79. The van der Waals surface area contributed by atoms with Gasteiger partial charge in [-0.25, -0.2) is 0 Å². The molecule has 1 aliphatic rings. The second kappa shape index (κ2) is 8.76. The fourth-order valence-electron chi connectivity index (χ4n) is 3.80. The fraction of sp³-hybridized carbons (Fsp3) is 0.381. The van der Waals surface area contributed by atoms with Crippen molar-refractivity contribution in [3.8, 4) is 11.5 Å². The maximum absolute atomic E-state index is 11.9. The Morgan fingerprint density at radius 3 is 2.52 bits per heavy atom. The normalized spacial score (nSPS) is 18.7. The van der Waals surface area contributed by atoms with Crippen LogP contribution in [0.5, 0.6) is 11.5 Å². The minimum atomic E-state index is -0.768. The van der Waals surface area contributed by atoms with Gasteiger partial charge in [0, 0.05) is 4.47 Å². The van der Waals surface area contributed by atoms with Gasteiger partial charge in [-0.2, -0.15) is 0 Å². The third-order valence-corrected chi connectivity index (χ3v) is 5.54. The van der Waals surface area contributed by atoms with Gasteiger partial charge in [-0.05, 0) is 54.8 Å². The Hall–Kier alpha value is -2.05. The van der Waals surface area contributed by atoms with E-state index in [0.717, 1.165) is 35.0 Å². The molecule has 0 radical (unpaired) electrons. The number of hydrogen-bond acceptors (Lipinski definition) is 4. The van der Waals surface area contributed by atoms with Crippen molar-refractivity contribution in [2.75, 3.05) is 20.8 Å². The van der Waals surface area contributed by atoms with Crippen molar-refractivity contribution >= 4 is 21.9 Å². The Labute approximate surface area is 168 Å². The van der Waals surface area contributed by atoms with Gasteiger partial charge < -0.3 is 14.6 Å². The minimum Gasteiger partial charge on any atom is -0.493 e. The van der Waals surface area contributed by atoms with Crippen LogP contribution in [0.25, 0.3) is 0 Å². The number of carboxylic acid groups (broad SMARTS) is 1. The van der Waals surface area contributed by atoms with E-state index < -0.39 is 12.0 Å². The van der Waals surface area contributed by atoms with E-state index in [1.165, 1.54) is 0 Å².